The molecule has 1 fully saturated rings. The Bertz CT molecular complexity index is 1080. The van der Waals surface area contributed by atoms with Crippen LogP contribution in [0.1, 0.15) is 43.9 Å². The lowest BCUT2D eigenvalue weighted by atomic mass is 10.1. The van der Waals surface area contributed by atoms with Crippen LogP contribution in [0.5, 0.6) is 0 Å². The summed E-state index contributed by atoms with van der Waals surface area (Å²) in [5.41, 5.74) is 3.32. The van der Waals surface area contributed by atoms with Gasteiger partial charge in [0.25, 0.3) is 0 Å². The van der Waals surface area contributed by atoms with Gasteiger partial charge in [-0.3, -0.25) is 9.59 Å². The number of rotatable bonds is 9. The summed E-state index contributed by atoms with van der Waals surface area (Å²) >= 11 is 0. The first-order valence-corrected chi connectivity index (χ1v) is 12.6. The maximum Gasteiger partial charge on any atom is 0.227 e. The second kappa shape index (κ2) is 10.3. The number of sulfonamides is 1. The van der Waals surface area contributed by atoms with E-state index in [4.69, 9.17) is 0 Å². The molecule has 3 rings (SSSR count). The second-order valence-electron chi connectivity index (χ2n) is 8.41. The molecule has 1 saturated heterocycles. The molecule has 1 atom stereocenters. The van der Waals surface area contributed by atoms with E-state index in [1.54, 1.807) is 30.9 Å². The lowest BCUT2D eigenvalue weighted by Crippen LogP contribution is -2.34. The molecular weight excluding hydrogens is 426 g/mol. The van der Waals surface area contributed by atoms with Gasteiger partial charge in [-0.15, -0.1) is 0 Å². The topological polar surface area (TPSA) is 95.6 Å². The second-order valence-corrected chi connectivity index (χ2v) is 10.2. The Morgan fingerprint density at radius 2 is 1.69 bits per heavy atom. The average Bonchev–Trinajstić information content (AvgIpc) is 3.13. The molecule has 1 aliphatic heterocycles. The number of benzene rings is 2. The Kier molecular flexibility index (Phi) is 7.69. The largest absolute Gasteiger partial charge is 0.352 e. The van der Waals surface area contributed by atoms with Crippen molar-refractivity contribution in [2.45, 2.75) is 52.0 Å². The van der Waals surface area contributed by atoms with Gasteiger partial charge < -0.3 is 10.2 Å². The number of carbonyl (C=O) groups is 2. The van der Waals surface area contributed by atoms with Crippen molar-refractivity contribution in [3.8, 4) is 0 Å². The minimum absolute atomic E-state index is 0.0581. The summed E-state index contributed by atoms with van der Waals surface area (Å²) < 4.78 is 27.2. The highest BCUT2D eigenvalue weighted by molar-refractivity contribution is 7.88. The average molecular weight is 458 g/mol. The van der Waals surface area contributed by atoms with E-state index in [2.05, 4.69) is 10.0 Å². The normalized spacial score (nSPS) is 16.6. The molecule has 172 valence electrons. The zero-order valence-electron chi connectivity index (χ0n) is 18.8. The Morgan fingerprint density at radius 1 is 1.06 bits per heavy atom. The van der Waals surface area contributed by atoms with Gasteiger partial charge in [-0.05, 0) is 43.0 Å². The minimum atomic E-state index is -3.48. The van der Waals surface area contributed by atoms with Gasteiger partial charge in [-0.25, -0.2) is 13.1 Å². The van der Waals surface area contributed by atoms with Crippen LogP contribution in [0.15, 0.2) is 48.5 Å². The van der Waals surface area contributed by atoms with Crippen molar-refractivity contribution in [2.75, 3.05) is 11.4 Å². The van der Waals surface area contributed by atoms with Crippen molar-refractivity contribution in [2.24, 2.45) is 5.92 Å². The fraction of sp³-hybridized carbons (Fsp3) is 0.417. The fourth-order valence-corrected chi connectivity index (χ4v) is 5.48. The van der Waals surface area contributed by atoms with Gasteiger partial charge in [-0.1, -0.05) is 49.4 Å². The minimum Gasteiger partial charge on any atom is -0.352 e. The van der Waals surface area contributed by atoms with Gasteiger partial charge >= 0.3 is 0 Å². The van der Waals surface area contributed by atoms with E-state index in [-0.39, 0.29) is 36.6 Å². The van der Waals surface area contributed by atoms with E-state index < -0.39 is 15.9 Å². The molecule has 0 bridgehead atoms. The SMILES string of the molecule is CCc1ccccc1N1CC(C(=O)NCc2ccccc2CS(=O)(=O)NC(C)C)CC1=O. The van der Waals surface area contributed by atoms with Crippen molar-refractivity contribution in [3.05, 3.63) is 65.2 Å². The van der Waals surface area contributed by atoms with Crippen LogP contribution in [0.25, 0.3) is 0 Å². The first kappa shape index (κ1) is 23.9. The first-order chi connectivity index (χ1) is 15.2. The Morgan fingerprint density at radius 3 is 2.34 bits per heavy atom. The van der Waals surface area contributed by atoms with Crippen molar-refractivity contribution in [1.29, 1.82) is 0 Å². The number of hydrogen-bond acceptors (Lipinski definition) is 4. The molecule has 0 saturated carbocycles. The summed E-state index contributed by atoms with van der Waals surface area (Å²) in [5, 5.41) is 2.90. The lowest BCUT2D eigenvalue weighted by Gasteiger charge is -2.20. The van der Waals surface area contributed by atoms with Crippen LogP contribution in [0.3, 0.4) is 0 Å². The molecule has 2 aromatic carbocycles. The molecule has 7 nitrogen and oxygen atoms in total. The molecule has 1 heterocycles. The highest BCUT2D eigenvalue weighted by atomic mass is 32.2. The van der Waals surface area contributed by atoms with Gasteiger partial charge in [0, 0.05) is 31.2 Å². The molecule has 0 radical (unpaired) electrons. The molecule has 1 unspecified atom stereocenters. The highest BCUT2D eigenvalue weighted by Gasteiger charge is 2.35. The quantitative estimate of drug-likeness (QED) is 0.605. The molecule has 1 aliphatic rings. The molecule has 0 spiro atoms. The highest BCUT2D eigenvalue weighted by Crippen LogP contribution is 2.28. The molecule has 0 aliphatic carbocycles. The Balaban J connectivity index is 1.65. The first-order valence-electron chi connectivity index (χ1n) is 10.9. The monoisotopic (exact) mass is 457 g/mol. The molecule has 0 aromatic heterocycles. The number of nitrogens with one attached hydrogen (secondary N) is 2. The third-order valence-corrected chi connectivity index (χ3v) is 7.01. The van der Waals surface area contributed by atoms with Gasteiger partial charge in [-0.2, -0.15) is 0 Å². The van der Waals surface area contributed by atoms with E-state index in [0.29, 0.717) is 12.1 Å². The molecule has 2 N–H and O–H groups in total. The van der Waals surface area contributed by atoms with Gasteiger partial charge in [0.15, 0.2) is 0 Å². The van der Waals surface area contributed by atoms with Crippen molar-refractivity contribution < 1.29 is 18.0 Å². The van der Waals surface area contributed by atoms with Gasteiger partial charge in [0.1, 0.15) is 0 Å². The van der Waals surface area contributed by atoms with Crippen LogP contribution in [-0.2, 0) is 38.3 Å². The summed E-state index contributed by atoms with van der Waals surface area (Å²) in [5.74, 6) is -0.850. The van der Waals surface area contributed by atoms with E-state index >= 15 is 0 Å². The van der Waals surface area contributed by atoms with Crippen LogP contribution in [0, 0.1) is 5.92 Å². The van der Waals surface area contributed by atoms with Gasteiger partial charge in [0.2, 0.25) is 21.8 Å². The molecule has 8 heteroatoms. The Labute approximate surface area is 190 Å². The van der Waals surface area contributed by atoms with E-state index in [1.807, 2.05) is 43.3 Å². The fourth-order valence-electron chi connectivity index (χ4n) is 3.99. The standard InChI is InChI=1S/C24H31N3O4S/c1-4-18-9-7-8-12-22(18)27-15-21(13-23(27)28)24(29)25-14-19-10-5-6-11-20(19)16-32(30,31)26-17(2)3/h5-12,17,21,26H,4,13-16H2,1-3H3,(H,25,29). The van der Waals surface area contributed by atoms with E-state index in [1.165, 1.54) is 0 Å². The molecule has 2 aromatic rings. The summed E-state index contributed by atoms with van der Waals surface area (Å²) in [7, 11) is -3.48. The summed E-state index contributed by atoms with van der Waals surface area (Å²) in [4.78, 5) is 27.1. The summed E-state index contributed by atoms with van der Waals surface area (Å²) in [6.07, 6.45) is 0.973. The zero-order chi connectivity index (χ0) is 23.3. The van der Waals surface area contributed by atoms with Crippen LogP contribution in [0.4, 0.5) is 5.69 Å². The van der Waals surface area contributed by atoms with Crippen LogP contribution < -0.4 is 14.9 Å². The number of carbonyl (C=O) groups excluding carboxylic acids is 2. The maximum absolute atomic E-state index is 12.8. The van der Waals surface area contributed by atoms with E-state index in [0.717, 1.165) is 23.2 Å². The van der Waals surface area contributed by atoms with Gasteiger partial charge in [0.05, 0.1) is 11.7 Å². The number of nitrogens with zero attached hydrogens (tertiary/aromatic N) is 1. The van der Waals surface area contributed by atoms with Crippen LogP contribution in [0.2, 0.25) is 0 Å². The summed E-state index contributed by atoms with van der Waals surface area (Å²) in [6.45, 7) is 6.14. The predicted octanol–water partition coefficient (Wildman–Crippen LogP) is 2.75. The van der Waals surface area contributed by atoms with Crippen molar-refractivity contribution in [3.63, 3.8) is 0 Å². The maximum atomic E-state index is 12.8. The smallest absolute Gasteiger partial charge is 0.227 e. The van der Waals surface area contributed by atoms with Crippen LogP contribution in [-0.4, -0.2) is 32.8 Å². The number of aryl methyl sites for hydroxylation is 1. The number of para-hydroxylation sites is 1. The lowest BCUT2D eigenvalue weighted by molar-refractivity contribution is -0.126. The van der Waals surface area contributed by atoms with Crippen LogP contribution >= 0.6 is 0 Å². The summed E-state index contributed by atoms with van der Waals surface area (Å²) in [6, 6.07) is 14.7. The zero-order valence-corrected chi connectivity index (χ0v) is 19.6. The number of anilines is 1. The van der Waals surface area contributed by atoms with E-state index in [9.17, 15) is 18.0 Å². The molecular formula is C24H31N3O4S. The van der Waals surface area contributed by atoms with Crippen molar-refractivity contribution in [1.82, 2.24) is 10.0 Å². The third-order valence-electron chi connectivity index (χ3n) is 5.49. The van der Waals surface area contributed by atoms with Crippen molar-refractivity contribution >= 4 is 27.5 Å². The number of amides is 2. The Hall–Kier alpha value is -2.71. The molecule has 32 heavy (non-hydrogen) atoms. The number of hydrogen-bond donors (Lipinski definition) is 2. The third kappa shape index (κ3) is 5.95. The molecule has 2 amide bonds. The predicted molar refractivity (Wildman–Crippen MR) is 125 cm³/mol.